The molecule has 1 atom stereocenters. The molecule has 1 aliphatic heterocycles. The first-order chi connectivity index (χ1) is 4.79. The Labute approximate surface area is 75.8 Å². The average Bonchev–Trinajstić information content (AvgIpc) is 1.88. The first-order valence-electron chi connectivity index (χ1n) is 4.14. The summed E-state index contributed by atoms with van der Waals surface area (Å²) in [5, 5.41) is 3.41. The van der Waals surface area contributed by atoms with Crippen LogP contribution in [0.4, 0.5) is 0 Å². The van der Waals surface area contributed by atoms with Crippen LogP contribution in [0.3, 0.4) is 0 Å². The van der Waals surface area contributed by atoms with E-state index >= 15 is 0 Å². The summed E-state index contributed by atoms with van der Waals surface area (Å²) < 4.78 is 0. The number of nitrogens with one attached hydrogen (secondary N) is 1. The van der Waals surface area contributed by atoms with Crippen molar-refractivity contribution in [1.82, 2.24) is 10.2 Å². The second-order valence-corrected chi connectivity index (χ2v) is 3.47. The van der Waals surface area contributed by atoms with Gasteiger partial charge in [0.25, 0.3) is 0 Å². The van der Waals surface area contributed by atoms with Crippen LogP contribution in [0.15, 0.2) is 0 Å². The van der Waals surface area contributed by atoms with Crippen LogP contribution in [0.5, 0.6) is 0 Å². The quantitative estimate of drug-likeness (QED) is 0.678. The van der Waals surface area contributed by atoms with Crippen molar-refractivity contribution in [1.29, 1.82) is 0 Å². The molecular formula is C8H19ClN2. The Morgan fingerprint density at radius 3 is 2.64 bits per heavy atom. The number of halogens is 1. The lowest BCUT2D eigenvalue weighted by atomic mass is 9.99. The molecule has 3 heteroatoms. The van der Waals surface area contributed by atoms with E-state index in [0.29, 0.717) is 0 Å². The summed E-state index contributed by atoms with van der Waals surface area (Å²) >= 11 is 0. The topological polar surface area (TPSA) is 15.3 Å². The first kappa shape index (κ1) is 11.2. The summed E-state index contributed by atoms with van der Waals surface area (Å²) in [5.41, 5.74) is 0. The van der Waals surface area contributed by atoms with Gasteiger partial charge in [-0.25, -0.2) is 0 Å². The van der Waals surface area contributed by atoms with E-state index in [1.807, 2.05) is 0 Å². The maximum atomic E-state index is 3.41. The number of hydrogen-bond donors (Lipinski definition) is 1. The third-order valence-corrected chi connectivity index (χ3v) is 2.02. The van der Waals surface area contributed by atoms with Gasteiger partial charge in [-0.15, -0.1) is 12.4 Å². The molecule has 0 amide bonds. The zero-order valence-corrected chi connectivity index (χ0v) is 8.28. The predicted octanol–water partition coefficient (Wildman–Crippen LogP) is 0.969. The van der Waals surface area contributed by atoms with Crippen LogP contribution in [0.1, 0.15) is 12.8 Å². The fourth-order valence-electron chi connectivity index (χ4n) is 1.60. The Kier molecular flexibility index (Phi) is 5.92. The second kappa shape index (κ2) is 5.81. The van der Waals surface area contributed by atoms with Gasteiger partial charge in [-0.3, -0.25) is 0 Å². The highest BCUT2D eigenvalue weighted by molar-refractivity contribution is 5.85. The van der Waals surface area contributed by atoms with Crippen LogP contribution in [0.25, 0.3) is 0 Å². The maximum absolute atomic E-state index is 3.41. The van der Waals surface area contributed by atoms with E-state index in [9.17, 15) is 0 Å². The molecule has 0 radical (unpaired) electrons. The minimum Gasteiger partial charge on any atom is -0.316 e. The van der Waals surface area contributed by atoms with E-state index in [2.05, 4.69) is 24.3 Å². The van der Waals surface area contributed by atoms with Crippen molar-refractivity contribution in [3.8, 4) is 0 Å². The fraction of sp³-hybridized carbons (Fsp3) is 1.00. The highest BCUT2D eigenvalue weighted by Gasteiger charge is 2.12. The molecule has 2 nitrogen and oxygen atoms in total. The van der Waals surface area contributed by atoms with Crippen LogP contribution < -0.4 is 5.32 Å². The van der Waals surface area contributed by atoms with Crippen LogP contribution in [-0.2, 0) is 0 Å². The van der Waals surface area contributed by atoms with E-state index in [-0.39, 0.29) is 12.4 Å². The average molecular weight is 179 g/mol. The lowest BCUT2D eigenvalue weighted by Crippen LogP contribution is -2.35. The molecule has 1 N–H and O–H groups in total. The molecule has 1 heterocycles. The molecule has 0 unspecified atom stereocenters. The largest absolute Gasteiger partial charge is 0.316 e. The van der Waals surface area contributed by atoms with E-state index in [1.165, 1.54) is 32.5 Å². The van der Waals surface area contributed by atoms with Crippen molar-refractivity contribution in [2.24, 2.45) is 5.92 Å². The third kappa shape index (κ3) is 4.62. The summed E-state index contributed by atoms with van der Waals surface area (Å²) in [7, 11) is 4.29. The molecule has 68 valence electrons. The summed E-state index contributed by atoms with van der Waals surface area (Å²) in [4.78, 5) is 2.28. The van der Waals surface area contributed by atoms with Gasteiger partial charge >= 0.3 is 0 Å². The Morgan fingerprint density at radius 1 is 1.45 bits per heavy atom. The molecular weight excluding hydrogens is 160 g/mol. The van der Waals surface area contributed by atoms with Gasteiger partial charge in [0.05, 0.1) is 0 Å². The number of hydrogen-bond acceptors (Lipinski definition) is 2. The maximum Gasteiger partial charge on any atom is 0.00157 e. The second-order valence-electron chi connectivity index (χ2n) is 3.47. The lowest BCUT2D eigenvalue weighted by Gasteiger charge is -2.25. The van der Waals surface area contributed by atoms with Gasteiger partial charge < -0.3 is 10.2 Å². The summed E-state index contributed by atoms with van der Waals surface area (Å²) in [6, 6.07) is 0. The van der Waals surface area contributed by atoms with Gasteiger partial charge in [-0.05, 0) is 45.9 Å². The number of piperidine rings is 1. The zero-order valence-electron chi connectivity index (χ0n) is 7.47. The zero-order chi connectivity index (χ0) is 7.40. The molecule has 1 rings (SSSR count). The number of rotatable bonds is 2. The molecule has 0 aromatic rings. The summed E-state index contributed by atoms with van der Waals surface area (Å²) in [5.74, 6) is 0.892. The summed E-state index contributed by atoms with van der Waals surface area (Å²) in [6.07, 6.45) is 2.77. The number of nitrogens with zero attached hydrogens (tertiary/aromatic N) is 1. The SMILES string of the molecule is CN(C)C[C@H]1CCCNC1.Cl. The van der Waals surface area contributed by atoms with Crippen molar-refractivity contribution in [3.63, 3.8) is 0 Å². The van der Waals surface area contributed by atoms with Crippen molar-refractivity contribution in [3.05, 3.63) is 0 Å². The van der Waals surface area contributed by atoms with Gasteiger partial charge in [0.15, 0.2) is 0 Å². The monoisotopic (exact) mass is 178 g/mol. The third-order valence-electron chi connectivity index (χ3n) is 2.02. The van der Waals surface area contributed by atoms with Gasteiger partial charge in [-0.2, -0.15) is 0 Å². The van der Waals surface area contributed by atoms with Gasteiger partial charge in [-0.1, -0.05) is 0 Å². The molecule has 1 aliphatic rings. The Balaban J connectivity index is 0.000001000. The van der Waals surface area contributed by atoms with Gasteiger partial charge in [0.2, 0.25) is 0 Å². The standard InChI is InChI=1S/C8H18N2.ClH/c1-10(2)7-8-4-3-5-9-6-8;/h8-9H,3-7H2,1-2H3;1H/t8-;/m0./s1. The van der Waals surface area contributed by atoms with E-state index in [0.717, 1.165) is 5.92 Å². The molecule has 0 spiro atoms. The Bertz CT molecular complexity index is 90.1. The minimum atomic E-state index is 0. The minimum absolute atomic E-state index is 0. The first-order valence-corrected chi connectivity index (χ1v) is 4.14. The molecule has 0 aliphatic carbocycles. The molecule has 0 saturated carbocycles. The van der Waals surface area contributed by atoms with Gasteiger partial charge in [0, 0.05) is 6.54 Å². The lowest BCUT2D eigenvalue weighted by molar-refractivity contribution is 0.276. The van der Waals surface area contributed by atoms with E-state index in [4.69, 9.17) is 0 Å². The molecule has 1 fully saturated rings. The molecule has 0 aromatic carbocycles. The Hall–Kier alpha value is 0.210. The highest BCUT2D eigenvalue weighted by atomic mass is 35.5. The smallest absolute Gasteiger partial charge is 0.00157 e. The van der Waals surface area contributed by atoms with Crippen LogP contribution in [0.2, 0.25) is 0 Å². The van der Waals surface area contributed by atoms with Crippen LogP contribution in [0, 0.1) is 5.92 Å². The van der Waals surface area contributed by atoms with Gasteiger partial charge in [0.1, 0.15) is 0 Å². The molecule has 0 bridgehead atoms. The predicted molar refractivity (Wildman–Crippen MR) is 51.4 cm³/mol. The normalized spacial score (nSPS) is 24.8. The highest BCUT2D eigenvalue weighted by Crippen LogP contribution is 2.09. The van der Waals surface area contributed by atoms with E-state index < -0.39 is 0 Å². The van der Waals surface area contributed by atoms with E-state index in [1.54, 1.807) is 0 Å². The van der Waals surface area contributed by atoms with Crippen molar-refractivity contribution in [2.45, 2.75) is 12.8 Å². The molecule has 11 heavy (non-hydrogen) atoms. The van der Waals surface area contributed by atoms with Crippen LogP contribution >= 0.6 is 12.4 Å². The fourth-order valence-corrected chi connectivity index (χ4v) is 1.60. The summed E-state index contributed by atoms with van der Waals surface area (Å²) in [6.45, 7) is 3.69. The molecule has 0 aromatic heterocycles. The van der Waals surface area contributed by atoms with Crippen LogP contribution in [-0.4, -0.2) is 38.6 Å². The van der Waals surface area contributed by atoms with Crippen molar-refractivity contribution in [2.75, 3.05) is 33.7 Å². The van der Waals surface area contributed by atoms with Crippen molar-refractivity contribution < 1.29 is 0 Å². The molecule has 1 saturated heterocycles. The Morgan fingerprint density at radius 2 is 2.18 bits per heavy atom. The van der Waals surface area contributed by atoms with Crippen molar-refractivity contribution >= 4 is 12.4 Å².